The molecular formula is C19H19F2N5O2. The van der Waals surface area contributed by atoms with Crippen molar-refractivity contribution in [3.63, 3.8) is 0 Å². The van der Waals surface area contributed by atoms with Gasteiger partial charge in [-0.25, -0.2) is 13.8 Å². The van der Waals surface area contributed by atoms with Gasteiger partial charge in [-0.3, -0.25) is 4.79 Å². The highest BCUT2D eigenvalue weighted by Crippen LogP contribution is 2.48. The topological polar surface area (TPSA) is 74.8 Å². The van der Waals surface area contributed by atoms with Gasteiger partial charge in [-0.2, -0.15) is 5.10 Å². The molecule has 3 fully saturated rings. The third kappa shape index (κ3) is 2.76. The van der Waals surface area contributed by atoms with E-state index in [0.29, 0.717) is 37.0 Å². The molecule has 3 atom stereocenters. The third-order valence-corrected chi connectivity index (χ3v) is 5.93. The standard InChI is InChI=1S/C19H19F2N5O2/c1-10-23-24-19(28-10)25-8-12-4-13(9-25)17(12)18(27)26-16(2-3-22-26)11-5-14(20)7-15(21)6-11/h3,5-7,12-13,16-17H,2,4,8-9H2,1H3/t12?,13?,16-,17?/m0/s1. The van der Waals surface area contributed by atoms with Gasteiger partial charge in [0.25, 0.3) is 0 Å². The summed E-state index contributed by atoms with van der Waals surface area (Å²) in [6.45, 7) is 3.09. The summed E-state index contributed by atoms with van der Waals surface area (Å²) in [5.74, 6) is -0.653. The lowest BCUT2D eigenvalue weighted by Crippen LogP contribution is -2.59. The molecule has 0 radical (unpaired) electrons. The molecule has 0 spiro atoms. The normalized spacial score (nSPS) is 28.5. The lowest BCUT2D eigenvalue weighted by Gasteiger charge is -2.52. The van der Waals surface area contributed by atoms with Crippen molar-refractivity contribution < 1.29 is 18.0 Å². The monoisotopic (exact) mass is 387 g/mol. The fourth-order valence-corrected chi connectivity index (χ4v) is 4.68. The van der Waals surface area contributed by atoms with E-state index in [0.717, 1.165) is 12.5 Å². The van der Waals surface area contributed by atoms with E-state index in [1.165, 1.54) is 17.1 Å². The number of hydrogen-bond acceptors (Lipinski definition) is 6. The van der Waals surface area contributed by atoms with E-state index in [1.54, 1.807) is 13.1 Å². The van der Waals surface area contributed by atoms with Crippen LogP contribution in [0.15, 0.2) is 27.7 Å². The first kappa shape index (κ1) is 17.3. The highest BCUT2D eigenvalue weighted by Gasteiger charge is 2.53. The summed E-state index contributed by atoms with van der Waals surface area (Å²) in [6.07, 6.45) is 3.05. The van der Waals surface area contributed by atoms with Gasteiger partial charge in [0, 0.05) is 44.6 Å². The Morgan fingerprint density at radius 2 is 1.86 bits per heavy atom. The van der Waals surface area contributed by atoms with Crippen molar-refractivity contribution in [1.29, 1.82) is 0 Å². The molecular weight excluding hydrogens is 368 g/mol. The number of nitrogens with zero attached hydrogens (tertiary/aromatic N) is 5. The van der Waals surface area contributed by atoms with Crippen molar-refractivity contribution in [2.45, 2.75) is 25.8 Å². The van der Waals surface area contributed by atoms with Crippen LogP contribution in [0.25, 0.3) is 0 Å². The van der Waals surface area contributed by atoms with E-state index >= 15 is 0 Å². The first-order chi connectivity index (χ1) is 13.5. The summed E-state index contributed by atoms with van der Waals surface area (Å²) in [5, 5.41) is 13.6. The first-order valence-electron chi connectivity index (χ1n) is 9.36. The van der Waals surface area contributed by atoms with Crippen LogP contribution in [0.1, 0.15) is 30.3 Å². The Kier molecular flexibility index (Phi) is 3.92. The largest absolute Gasteiger partial charge is 0.408 e. The van der Waals surface area contributed by atoms with E-state index in [1.807, 2.05) is 4.90 Å². The quantitative estimate of drug-likeness (QED) is 0.810. The maximum atomic E-state index is 13.6. The van der Waals surface area contributed by atoms with Crippen molar-refractivity contribution in [2.75, 3.05) is 18.0 Å². The minimum atomic E-state index is -0.652. The fourth-order valence-electron chi connectivity index (χ4n) is 4.68. The Hall–Kier alpha value is -2.84. The van der Waals surface area contributed by atoms with Crippen molar-refractivity contribution in [3.8, 4) is 0 Å². The zero-order valence-electron chi connectivity index (χ0n) is 15.3. The zero-order chi connectivity index (χ0) is 19.4. The summed E-state index contributed by atoms with van der Waals surface area (Å²) in [7, 11) is 0. The second kappa shape index (κ2) is 6.35. The van der Waals surface area contributed by atoms with Crippen LogP contribution in [-0.4, -0.2) is 40.4 Å². The lowest BCUT2D eigenvalue weighted by atomic mass is 9.61. The van der Waals surface area contributed by atoms with Crippen molar-refractivity contribution in [1.82, 2.24) is 15.2 Å². The predicted molar refractivity (Wildman–Crippen MR) is 95.4 cm³/mol. The van der Waals surface area contributed by atoms with Gasteiger partial charge in [0.2, 0.25) is 11.8 Å². The van der Waals surface area contributed by atoms with Crippen LogP contribution in [0.2, 0.25) is 0 Å². The highest BCUT2D eigenvalue weighted by atomic mass is 19.1. The number of fused-ring (bicyclic) bond motifs is 2. The molecule has 9 heteroatoms. The maximum Gasteiger partial charge on any atom is 0.318 e. The third-order valence-electron chi connectivity index (χ3n) is 5.93. The van der Waals surface area contributed by atoms with Gasteiger partial charge < -0.3 is 9.32 Å². The number of hydrogen-bond donors (Lipinski definition) is 0. The molecule has 0 N–H and O–H groups in total. The maximum absolute atomic E-state index is 13.6. The van der Waals surface area contributed by atoms with E-state index in [9.17, 15) is 13.6 Å². The number of benzene rings is 1. The van der Waals surface area contributed by atoms with Crippen LogP contribution in [0, 0.1) is 36.3 Å². The minimum absolute atomic E-state index is 0.0778. The number of aromatic nitrogens is 2. The number of halogens is 2. The van der Waals surface area contributed by atoms with Crippen molar-refractivity contribution >= 4 is 18.1 Å². The molecule has 28 heavy (non-hydrogen) atoms. The van der Waals surface area contributed by atoms with Gasteiger partial charge in [-0.15, -0.1) is 5.10 Å². The summed E-state index contributed by atoms with van der Waals surface area (Å²) >= 11 is 0. The molecule has 4 aliphatic rings. The van der Waals surface area contributed by atoms with Crippen LogP contribution in [0.5, 0.6) is 0 Å². The molecule has 2 aromatic rings. The molecule has 1 saturated carbocycles. The Labute approximate surface area is 160 Å². The second-order valence-corrected chi connectivity index (χ2v) is 7.73. The van der Waals surface area contributed by atoms with Crippen LogP contribution in [0.4, 0.5) is 14.8 Å². The number of hydrazone groups is 1. The molecule has 2 unspecified atom stereocenters. The first-order valence-corrected chi connectivity index (χ1v) is 9.36. The molecule has 1 aromatic heterocycles. The minimum Gasteiger partial charge on any atom is -0.408 e. The zero-order valence-corrected chi connectivity index (χ0v) is 15.3. The van der Waals surface area contributed by atoms with Gasteiger partial charge >= 0.3 is 6.01 Å². The van der Waals surface area contributed by atoms with Gasteiger partial charge in [-0.1, -0.05) is 5.10 Å². The van der Waals surface area contributed by atoms with Crippen LogP contribution in [0.3, 0.4) is 0 Å². The molecule has 1 amide bonds. The summed E-state index contributed by atoms with van der Waals surface area (Å²) in [5.41, 5.74) is 0.427. The molecule has 2 bridgehead atoms. The number of anilines is 1. The summed E-state index contributed by atoms with van der Waals surface area (Å²) < 4.78 is 32.8. The van der Waals surface area contributed by atoms with Crippen LogP contribution in [-0.2, 0) is 4.79 Å². The van der Waals surface area contributed by atoms with Gasteiger partial charge in [-0.05, 0) is 36.0 Å². The average molecular weight is 387 g/mol. The molecule has 4 heterocycles. The van der Waals surface area contributed by atoms with Crippen molar-refractivity contribution in [3.05, 3.63) is 41.3 Å². The van der Waals surface area contributed by atoms with Gasteiger partial charge in [0.05, 0.1) is 6.04 Å². The lowest BCUT2D eigenvalue weighted by molar-refractivity contribution is -0.148. The average Bonchev–Trinajstić information content (AvgIpc) is 3.30. The number of amides is 1. The number of aryl methyl sites for hydroxylation is 1. The Morgan fingerprint density at radius 3 is 2.50 bits per heavy atom. The summed E-state index contributed by atoms with van der Waals surface area (Å²) in [4.78, 5) is 15.2. The van der Waals surface area contributed by atoms with Crippen LogP contribution >= 0.6 is 0 Å². The molecule has 1 aliphatic carbocycles. The molecule has 6 rings (SSSR count). The molecule has 1 aromatic carbocycles. The second-order valence-electron chi connectivity index (χ2n) is 7.73. The fraction of sp³-hybridized carbons (Fsp3) is 0.474. The molecule has 7 nitrogen and oxygen atoms in total. The van der Waals surface area contributed by atoms with E-state index in [4.69, 9.17) is 4.42 Å². The molecule has 146 valence electrons. The smallest absolute Gasteiger partial charge is 0.318 e. The highest BCUT2D eigenvalue weighted by molar-refractivity contribution is 5.83. The van der Waals surface area contributed by atoms with E-state index < -0.39 is 17.7 Å². The number of rotatable bonds is 3. The van der Waals surface area contributed by atoms with E-state index in [2.05, 4.69) is 15.3 Å². The number of carbonyl (C=O) groups is 1. The predicted octanol–water partition coefficient (Wildman–Crippen LogP) is 2.69. The Morgan fingerprint density at radius 1 is 1.14 bits per heavy atom. The Balaban J connectivity index is 1.32. The molecule has 2 saturated heterocycles. The van der Waals surface area contributed by atoms with Gasteiger partial charge in [0.15, 0.2) is 0 Å². The van der Waals surface area contributed by atoms with E-state index in [-0.39, 0.29) is 23.7 Å². The molecule has 3 aliphatic heterocycles. The van der Waals surface area contributed by atoms with Gasteiger partial charge in [0.1, 0.15) is 11.6 Å². The SMILES string of the molecule is Cc1nnc(N2CC3CC(C2)C3C(=O)N2N=CC[C@H]2c2cc(F)cc(F)c2)o1. The number of carbonyl (C=O) groups excluding carboxylic acids is 1. The number of piperidine rings is 2. The van der Waals surface area contributed by atoms with Crippen molar-refractivity contribution in [2.24, 2.45) is 22.9 Å². The summed E-state index contributed by atoms with van der Waals surface area (Å²) in [6, 6.07) is 3.39. The van der Waals surface area contributed by atoms with Crippen LogP contribution < -0.4 is 4.90 Å². The Bertz CT molecular complexity index is 929.